The topological polar surface area (TPSA) is 72.0 Å². The first kappa shape index (κ1) is 17.8. The van der Waals surface area contributed by atoms with Crippen molar-refractivity contribution in [2.75, 3.05) is 37.1 Å². The van der Waals surface area contributed by atoms with Gasteiger partial charge in [-0.25, -0.2) is 0 Å². The lowest BCUT2D eigenvalue weighted by Crippen LogP contribution is -2.32. The number of thioether (sulfide) groups is 1. The van der Waals surface area contributed by atoms with Gasteiger partial charge in [0.05, 0.1) is 6.61 Å². The van der Waals surface area contributed by atoms with E-state index in [1.165, 1.54) is 0 Å². The fourth-order valence-corrected chi connectivity index (χ4v) is 2.70. The molecule has 0 fully saturated rings. The first-order chi connectivity index (χ1) is 10.1. The molecule has 0 aliphatic heterocycles. The van der Waals surface area contributed by atoms with Crippen molar-refractivity contribution < 1.29 is 4.74 Å². The Kier molecular flexibility index (Phi) is 7.56. The van der Waals surface area contributed by atoms with Gasteiger partial charge in [0.15, 0.2) is 0 Å². The molecular weight excluding hydrogens is 286 g/mol. The predicted molar refractivity (Wildman–Crippen MR) is 90.5 cm³/mol. The number of aromatic nitrogens is 3. The molecule has 0 aliphatic rings. The van der Waals surface area contributed by atoms with E-state index in [1.54, 1.807) is 7.05 Å². The first-order valence-electron chi connectivity index (χ1n) is 7.48. The molecule has 0 unspecified atom stereocenters. The Hall–Kier alpha value is -1.24. The Morgan fingerprint density at radius 3 is 2.29 bits per heavy atom. The lowest BCUT2D eigenvalue weighted by molar-refractivity contribution is 0.292. The molecular formula is C14H27N5OS. The van der Waals surface area contributed by atoms with Crippen molar-refractivity contribution >= 4 is 23.7 Å². The molecule has 0 radical (unpaired) electrons. The normalized spacial score (nSPS) is 11.3. The van der Waals surface area contributed by atoms with Crippen LogP contribution in [0.3, 0.4) is 0 Å². The fraction of sp³-hybridized carbons (Fsp3) is 0.786. The van der Waals surface area contributed by atoms with Gasteiger partial charge in [0.1, 0.15) is 0 Å². The maximum atomic E-state index is 5.50. The van der Waals surface area contributed by atoms with Gasteiger partial charge in [0, 0.05) is 18.3 Å². The molecule has 1 aromatic rings. The summed E-state index contributed by atoms with van der Waals surface area (Å²) in [7, 11) is 1.78. The van der Waals surface area contributed by atoms with Crippen LogP contribution in [0.2, 0.25) is 0 Å². The third-order valence-electron chi connectivity index (χ3n) is 3.56. The van der Waals surface area contributed by atoms with Gasteiger partial charge in [-0.1, -0.05) is 20.8 Å². The van der Waals surface area contributed by atoms with Crippen LogP contribution in [0, 0.1) is 0 Å². The van der Waals surface area contributed by atoms with Crippen LogP contribution < -0.4 is 15.4 Å². The lowest BCUT2D eigenvalue weighted by atomic mass is 10.0. The highest BCUT2D eigenvalue weighted by molar-refractivity contribution is 8.00. The summed E-state index contributed by atoms with van der Waals surface area (Å²) in [6.45, 7) is 7.90. The number of rotatable bonds is 10. The number of hydrogen-bond donors (Lipinski definition) is 2. The second-order valence-corrected chi connectivity index (χ2v) is 6.09. The Balaban J connectivity index is 2.81. The number of nitrogens with zero attached hydrogens (tertiary/aromatic N) is 3. The molecule has 2 N–H and O–H groups in total. The number of hydrogen-bond acceptors (Lipinski definition) is 7. The highest BCUT2D eigenvalue weighted by Gasteiger charge is 2.25. The van der Waals surface area contributed by atoms with Crippen LogP contribution in [0.5, 0.6) is 6.01 Å². The van der Waals surface area contributed by atoms with Crippen molar-refractivity contribution in [2.45, 2.75) is 44.8 Å². The van der Waals surface area contributed by atoms with Gasteiger partial charge in [-0.3, -0.25) is 0 Å². The molecule has 1 rings (SSSR count). The van der Waals surface area contributed by atoms with Crippen molar-refractivity contribution in [1.82, 2.24) is 15.0 Å². The minimum absolute atomic E-state index is 0.205. The molecule has 21 heavy (non-hydrogen) atoms. The quantitative estimate of drug-likeness (QED) is 0.688. The van der Waals surface area contributed by atoms with Crippen LogP contribution >= 0.6 is 11.8 Å². The van der Waals surface area contributed by atoms with Crippen molar-refractivity contribution in [2.24, 2.45) is 0 Å². The minimum Gasteiger partial charge on any atom is -0.463 e. The molecule has 120 valence electrons. The van der Waals surface area contributed by atoms with Crippen LogP contribution in [-0.2, 0) is 0 Å². The van der Waals surface area contributed by atoms with Crippen LogP contribution in [0.25, 0.3) is 0 Å². The lowest BCUT2D eigenvalue weighted by Gasteiger charge is -2.29. The van der Waals surface area contributed by atoms with Crippen LogP contribution in [0.15, 0.2) is 0 Å². The Morgan fingerprint density at radius 2 is 1.76 bits per heavy atom. The molecule has 6 nitrogen and oxygen atoms in total. The summed E-state index contributed by atoms with van der Waals surface area (Å²) in [6.07, 6.45) is 5.27. The first-order valence-corrected chi connectivity index (χ1v) is 8.71. The summed E-state index contributed by atoms with van der Waals surface area (Å²) in [5.74, 6) is 1.07. The van der Waals surface area contributed by atoms with Gasteiger partial charge in [0.2, 0.25) is 11.9 Å². The molecule has 0 saturated carbocycles. The zero-order chi connectivity index (χ0) is 15.7. The largest absolute Gasteiger partial charge is 0.463 e. The van der Waals surface area contributed by atoms with E-state index in [0.717, 1.165) is 25.8 Å². The third kappa shape index (κ3) is 5.22. The summed E-state index contributed by atoms with van der Waals surface area (Å²) in [6, 6.07) is 0.362. The third-order valence-corrected chi connectivity index (χ3v) is 5.15. The molecule has 0 amide bonds. The molecule has 1 heterocycles. The minimum atomic E-state index is 0.205. The molecule has 7 heteroatoms. The second-order valence-electron chi connectivity index (χ2n) is 4.81. The standard InChI is InChI=1S/C14H27N5OS/c1-6-9-20-13-18-11(15-4)17-12(19-13)16-10-14(7-2,8-3)21-5/h6-10H2,1-5H3,(H2,15,16,17,18,19). The van der Waals surface area contributed by atoms with Crippen LogP contribution in [-0.4, -0.2) is 46.2 Å². The van der Waals surface area contributed by atoms with Crippen LogP contribution in [0.1, 0.15) is 40.0 Å². The smallest absolute Gasteiger partial charge is 0.323 e. The second kappa shape index (κ2) is 8.92. The highest BCUT2D eigenvalue weighted by Crippen LogP contribution is 2.30. The zero-order valence-electron chi connectivity index (χ0n) is 13.7. The van der Waals surface area contributed by atoms with E-state index >= 15 is 0 Å². The van der Waals surface area contributed by atoms with Gasteiger partial charge in [-0.05, 0) is 25.5 Å². The van der Waals surface area contributed by atoms with E-state index in [-0.39, 0.29) is 4.75 Å². The number of ether oxygens (including phenoxy) is 1. The molecule has 0 aliphatic carbocycles. The molecule has 0 aromatic carbocycles. The number of anilines is 2. The van der Waals surface area contributed by atoms with E-state index in [4.69, 9.17) is 4.74 Å². The van der Waals surface area contributed by atoms with Gasteiger partial charge in [-0.2, -0.15) is 26.7 Å². The van der Waals surface area contributed by atoms with Crippen molar-refractivity contribution in [1.29, 1.82) is 0 Å². The van der Waals surface area contributed by atoms with Gasteiger partial charge in [0.25, 0.3) is 0 Å². The zero-order valence-corrected chi connectivity index (χ0v) is 14.5. The summed E-state index contributed by atoms with van der Waals surface area (Å²) in [4.78, 5) is 12.8. The predicted octanol–water partition coefficient (Wildman–Crippen LogP) is 3.04. The van der Waals surface area contributed by atoms with Crippen molar-refractivity contribution in [3.8, 4) is 6.01 Å². The van der Waals surface area contributed by atoms with Gasteiger partial charge < -0.3 is 15.4 Å². The van der Waals surface area contributed by atoms with Gasteiger partial charge in [-0.15, -0.1) is 0 Å². The van der Waals surface area contributed by atoms with Crippen LogP contribution in [0.4, 0.5) is 11.9 Å². The molecule has 0 saturated heterocycles. The Bertz CT molecular complexity index is 418. The maximum Gasteiger partial charge on any atom is 0.323 e. The molecule has 0 bridgehead atoms. The summed E-state index contributed by atoms with van der Waals surface area (Å²) < 4.78 is 5.71. The Morgan fingerprint density at radius 1 is 1.10 bits per heavy atom. The van der Waals surface area contributed by atoms with E-state index in [1.807, 2.05) is 11.8 Å². The highest BCUT2D eigenvalue weighted by atomic mass is 32.2. The maximum absolute atomic E-state index is 5.50. The van der Waals surface area contributed by atoms with E-state index < -0.39 is 0 Å². The molecule has 1 aromatic heterocycles. The average molecular weight is 313 g/mol. The van der Waals surface area contributed by atoms with Crippen molar-refractivity contribution in [3.05, 3.63) is 0 Å². The van der Waals surface area contributed by atoms with E-state index in [9.17, 15) is 0 Å². The summed E-state index contributed by atoms with van der Waals surface area (Å²) in [5, 5.41) is 6.26. The van der Waals surface area contributed by atoms with Gasteiger partial charge >= 0.3 is 6.01 Å². The van der Waals surface area contributed by atoms with Crippen molar-refractivity contribution in [3.63, 3.8) is 0 Å². The number of nitrogens with one attached hydrogen (secondary N) is 2. The molecule has 0 spiro atoms. The van der Waals surface area contributed by atoms with E-state index in [0.29, 0.717) is 24.5 Å². The van der Waals surface area contributed by atoms with E-state index in [2.05, 4.69) is 52.6 Å². The monoisotopic (exact) mass is 313 g/mol. The summed E-state index contributed by atoms with van der Waals surface area (Å²) in [5.41, 5.74) is 0. The Labute approximate surface area is 131 Å². The average Bonchev–Trinajstić information content (AvgIpc) is 2.54. The summed E-state index contributed by atoms with van der Waals surface area (Å²) >= 11 is 1.88. The SMILES string of the molecule is CCCOc1nc(NC)nc(NCC(CC)(CC)SC)n1. The molecule has 0 atom stereocenters. The fourth-order valence-electron chi connectivity index (χ4n) is 1.91.